The van der Waals surface area contributed by atoms with Crippen molar-refractivity contribution in [3.8, 4) is 0 Å². The Morgan fingerprint density at radius 3 is 2.67 bits per heavy atom. The lowest BCUT2D eigenvalue weighted by Gasteiger charge is -2.20. The summed E-state index contributed by atoms with van der Waals surface area (Å²) in [6.07, 6.45) is 1.06. The summed E-state index contributed by atoms with van der Waals surface area (Å²) in [7, 11) is 1.67. The summed E-state index contributed by atoms with van der Waals surface area (Å²) in [5, 5.41) is 9.19. The minimum absolute atomic E-state index is 0.334. The molecular formula is C13H12F2N2O. The van der Waals surface area contributed by atoms with Gasteiger partial charge in [-0.05, 0) is 24.3 Å². The maximum atomic E-state index is 13.1. The van der Waals surface area contributed by atoms with Gasteiger partial charge in [0.1, 0.15) is 17.5 Å². The quantitative estimate of drug-likeness (QED) is 0.909. The summed E-state index contributed by atoms with van der Waals surface area (Å²) in [5.41, 5.74) is 0.922. The van der Waals surface area contributed by atoms with Crippen LogP contribution >= 0.6 is 0 Å². The van der Waals surface area contributed by atoms with Gasteiger partial charge in [0.05, 0.1) is 12.8 Å². The highest BCUT2D eigenvalue weighted by atomic mass is 19.1. The Bertz CT molecular complexity index is 560. The molecule has 0 aliphatic rings. The Morgan fingerprint density at radius 2 is 2.00 bits per heavy atom. The van der Waals surface area contributed by atoms with Gasteiger partial charge in [0, 0.05) is 18.3 Å². The molecule has 5 heteroatoms. The second kappa shape index (κ2) is 5.10. The Hall–Kier alpha value is -2.01. The van der Waals surface area contributed by atoms with Crippen molar-refractivity contribution >= 4 is 11.5 Å². The Balaban J connectivity index is 2.42. The van der Waals surface area contributed by atoms with Gasteiger partial charge in [-0.2, -0.15) is 0 Å². The van der Waals surface area contributed by atoms with Gasteiger partial charge < -0.3 is 10.0 Å². The van der Waals surface area contributed by atoms with Crippen LogP contribution in [0.2, 0.25) is 0 Å². The molecule has 2 rings (SSSR count). The summed E-state index contributed by atoms with van der Waals surface area (Å²) < 4.78 is 26.1. The van der Waals surface area contributed by atoms with E-state index in [0.717, 1.165) is 6.20 Å². The number of hydrogen-bond donors (Lipinski definition) is 1. The second-order valence-electron chi connectivity index (χ2n) is 3.83. The first-order chi connectivity index (χ1) is 8.61. The van der Waals surface area contributed by atoms with Gasteiger partial charge in [0.2, 0.25) is 0 Å². The number of hydrogen-bond acceptors (Lipinski definition) is 3. The molecule has 94 valence electrons. The summed E-state index contributed by atoms with van der Waals surface area (Å²) in [4.78, 5) is 5.51. The SMILES string of the molecule is CN(c1cccc(F)c1)c1ncc(F)cc1CO. The lowest BCUT2D eigenvalue weighted by atomic mass is 10.2. The summed E-state index contributed by atoms with van der Waals surface area (Å²) >= 11 is 0. The van der Waals surface area contributed by atoms with Crippen LogP contribution < -0.4 is 4.90 Å². The summed E-state index contributed by atoms with van der Waals surface area (Å²) in [6, 6.07) is 7.16. The smallest absolute Gasteiger partial charge is 0.142 e. The van der Waals surface area contributed by atoms with Gasteiger partial charge in [-0.1, -0.05) is 6.07 Å². The highest BCUT2D eigenvalue weighted by Gasteiger charge is 2.12. The average Bonchev–Trinajstić information content (AvgIpc) is 2.37. The molecule has 18 heavy (non-hydrogen) atoms. The molecule has 0 saturated carbocycles. The molecule has 0 aliphatic carbocycles. The predicted octanol–water partition coefficient (Wildman–Crippen LogP) is 2.62. The van der Waals surface area contributed by atoms with E-state index < -0.39 is 5.82 Å². The minimum Gasteiger partial charge on any atom is -0.392 e. The van der Waals surface area contributed by atoms with Crippen LogP contribution in [-0.4, -0.2) is 17.1 Å². The zero-order valence-electron chi connectivity index (χ0n) is 9.77. The number of nitrogens with zero attached hydrogens (tertiary/aromatic N) is 2. The van der Waals surface area contributed by atoms with Gasteiger partial charge in [0.15, 0.2) is 0 Å². The number of rotatable bonds is 3. The van der Waals surface area contributed by atoms with Gasteiger partial charge in [-0.25, -0.2) is 13.8 Å². The fourth-order valence-electron chi connectivity index (χ4n) is 1.70. The lowest BCUT2D eigenvalue weighted by Crippen LogP contribution is -2.14. The lowest BCUT2D eigenvalue weighted by molar-refractivity contribution is 0.281. The van der Waals surface area contributed by atoms with E-state index in [9.17, 15) is 13.9 Å². The number of aliphatic hydroxyl groups excluding tert-OH is 1. The van der Waals surface area contributed by atoms with Crippen molar-refractivity contribution in [1.29, 1.82) is 0 Å². The number of aromatic nitrogens is 1. The van der Waals surface area contributed by atoms with Crippen molar-refractivity contribution in [2.24, 2.45) is 0 Å². The number of anilines is 2. The molecule has 0 radical (unpaired) electrons. The largest absolute Gasteiger partial charge is 0.392 e. The van der Waals surface area contributed by atoms with Crippen molar-refractivity contribution in [3.63, 3.8) is 0 Å². The molecule has 1 N–H and O–H groups in total. The maximum Gasteiger partial charge on any atom is 0.142 e. The molecule has 0 bridgehead atoms. The van der Waals surface area contributed by atoms with Crippen molar-refractivity contribution in [1.82, 2.24) is 4.98 Å². The van der Waals surface area contributed by atoms with Gasteiger partial charge in [-0.15, -0.1) is 0 Å². The van der Waals surface area contributed by atoms with Crippen LogP contribution in [-0.2, 0) is 6.61 Å². The molecule has 1 heterocycles. The zero-order chi connectivity index (χ0) is 13.1. The first-order valence-corrected chi connectivity index (χ1v) is 5.36. The van der Waals surface area contributed by atoms with Crippen LogP contribution in [0.5, 0.6) is 0 Å². The van der Waals surface area contributed by atoms with Gasteiger partial charge in [-0.3, -0.25) is 0 Å². The summed E-state index contributed by atoms with van der Waals surface area (Å²) in [6.45, 7) is -0.334. The van der Waals surface area contributed by atoms with Crippen LogP contribution in [0.1, 0.15) is 5.56 Å². The Labute approximate surface area is 103 Å². The standard InChI is InChI=1S/C13H12F2N2O/c1-17(12-4-2-3-10(14)6-12)13-9(8-18)5-11(15)7-16-13/h2-7,18H,8H2,1H3. The fourth-order valence-corrected chi connectivity index (χ4v) is 1.70. The van der Waals surface area contributed by atoms with E-state index in [2.05, 4.69) is 4.98 Å². The molecule has 0 spiro atoms. The van der Waals surface area contributed by atoms with Crippen LogP contribution in [0.4, 0.5) is 20.3 Å². The predicted molar refractivity (Wildman–Crippen MR) is 64.6 cm³/mol. The zero-order valence-corrected chi connectivity index (χ0v) is 9.77. The highest BCUT2D eigenvalue weighted by Crippen LogP contribution is 2.25. The molecule has 2 aromatic rings. The van der Waals surface area contributed by atoms with Crippen LogP contribution in [0, 0.1) is 11.6 Å². The number of benzene rings is 1. The molecule has 0 unspecified atom stereocenters. The molecule has 0 atom stereocenters. The molecule has 0 fully saturated rings. The third-order valence-electron chi connectivity index (χ3n) is 2.59. The monoisotopic (exact) mass is 250 g/mol. The van der Waals surface area contributed by atoms with Gasteiger partial charge >= 0.3 is 0 Å². The Morgan fingerprint density at radius 1 is 1.22 bits per heavy atom. The number of aliphatic hydroxyl groups is 1. The van der Waals surface area contributed by atoms with E-state index in [1.54, 1.807) is 24.1 Å². The Kier molecular flexibility index (Phi) is 3.53. The first-order valence-electron chi connectivity index (χ1n) is 5.36. The van der Waals surface area contributed by atoms with Crippen LogP contribution in [0.3, 0.4) is 0 Å². The molecular weight excluding hydrogens is 238 g/mol. The second-order valence-corrected chi connectivity index (χ2v) is 3.83. The number of halogens is 2. The van der Waals surface area contributed by atoms with E-state index in [0.29, 0.717) is 17.1 Å². The normalized spacial score (nSPS) is 10.4. The molecule has 0 aliphatic heterocycles. The van der Waals surface area contributed by atoms with Crippen LogP contribution in [0.25, 0.3) is 0 Å². The van der Waals surface area contributed by atoms with E-state index in [1.165, 1.54) is 18.2 Å². The third kappa shape index (κ3) is 2.46. The third-order valence-corrected chi connectivity index (χ3v) is 2.59. The summed E-state index contributed by atoms with van der Waals surface area (Å²) in [5.74, 6) is -0.494. The van der Waals surface area contributed by atoms with Crippen molar-refractivity contribution in [2.45, 2.75) is 6.61 Å². The van der Waals surface area contributed by atoms with Crippen molar-refractivity contribution in [2.75, 3.05) is 11.9 Å². The molecule has 0 amide bonds. The number of pyridine rings is 1. The van der Waals surface area contributed by atoms with Crippen molar-refractivity contribution in [3.05, 3.63) is 53.7 Å². The van der Waals surface area contributed by atoms with E-state index in [-0.39, 0.29) is 12.4 Å². The molecule has 1 aromatic carbocycles. The maximum absolute atomic E-state index is 13.1. The molecule has 1 aromatic heterocycles. The molecule has 3 nitrogen and oxygen atoms in total. The average molecular weight is 250 g/mol. The first kappa shape index (κ1) is 12.4. The van der Waals surface area contributed by atoms with Gasteiger partial charge in [0.25, 0.3) is 0 Å². The fraction of sp³-hybridized carbons (Fsp3) is 0.154. The van der Waals surface area contributed by atoms with E-state index in [1.807, 2.05) is 0 Å². The minimum atomic E-state index is -0.518. The molecule has 0 saturated heterocycles. The van der Waals surface area contributed by atoms with Crippen LogP contribution in [0.15, 0.2) is 36.5 Å². The van der Waals surface area contributed by atoms with E-state index >= 15 is 0 Å². The highest BCUT2D eigenvalue weighted by molar-refractivity contribution is 5.61. The van der Waals surface area contributed by atoms with E-state index in [4.69, 9.17) is 0 Å². The van der Waals surface area contributed by atoms with Crippen molar-refractivity contribution < 1.29 is 13.9 Å². The topological polar surface area (TPSA) is 36.4 Å².